The molecule has 3 aliphatic rings. The van der Waals surface area contributed by atoms with E-state index in [0.717, 1.165) is 43.9 Å². The van der Waals surface area contributed by atoms with Gasteiger partial charge in [0.2, 0.25) is 9.84 Å². The maximum absolute atomic E-state index is 12.9. The van der Waals surface area contributed by atoms with Crippen LogP contribution in [-0.4, -0.2) is 51.8 Å². The monoisotopic (exact) mass is 385 g/mol. The summed E-state index contributed by atoms with van der Waals surface area (Å²) in [7, 11) is -3.53. The van der Waals surface area contributed by atoms with Crippen molar-refractivity contribution in [2.24, 2.45) is 0 Å². The van der Waals surface area contributed by atoms with Crippen molar-refractivity contribution in [1.29, 1.82) is 0 Å². The highest BCUT2D eigenvalue weighted by atomic mass is 32.2. The Bertz CT molecular complexity index is 938. The number of likely N-dealkylation sites (tertiary alicyclic amines) is 1. The quantitative estimate of drug-likeness (QED) is 0.813. The normalized spacial score (nSPS) is 27.8. The molecule has 0 N–H and O–H groups in total. The molecule has 0 radical (unpaired) electrons. The zero-order valence-electron chi connectivity index (χ0n) is 15.1. The molecule has 0 saturated carbocycles. The van der Waals surface area contributed by atoms with E-state index >= 15 is 0 Å². The van der Waals surface area contributed by atoms with Gasteiger partial charge in [0.25, 0.3) is 0 Å². The number of hydrogen-bond acceptors (Lipinski definition) is 5. The largest absolute Gasteiger partial charge is 0.492 e. The van der Waals surface area contributed by atoms with Crippen LogP contribution >= 0.6 is 0 Å². The number of rotatable bonds is 3. The lowest BCUT2D eigenvalue weighted by Gasteiger charge is -2.36. The number of fused-ring (bicyclic) bond motifs is 3. The van der Waals surface area contributed by atoms with Crippen LogP contribution in [0.5, 0.6) is 5.75 Å². The molecule has 5 nitrogen and oxygen atoms in total. The Labute approximate surface area is 159 Å². The van der Waals surface area contributed by atoms with Crippen molar-refractivity contribution in [3.05, 3.63) is 54.1 Å². The Morgan fingerprint density at radius 3 is 2.59 bits per heavy atom. The minimum absolute atomic E-state index is 0.296. The van der Waals surface area contributed by atoms with Crippen LogP contribution in [0.1, 0.15) is 24.3 Å². The van der Waals surface area contributed by atoms with Crippen LogP contribution in [0.2, 0.25) is 0 Å². The van der Waals surface area contributed by atoms with Gasteiger partial charge >= 0.3 is 0 Å². The molecular weight excluding hydrogens is 362 g/mol. The molecule has 2 aromatic carbocycles. The predicted molar refractivity (Wildman–Crippen MR) is 101 cm³/mol. The molecule has 3 atom stereocenters. The molecule has 3 aliphatic heterocycles. The van der Waals surface area contributed by atoms with Gasteiger partial charge in [-0.05, 0) is 49.2 Å². The fourth-order valence-electron chi connectivity index (χ4n) is 4.71. The lowest BCUT2D eigenvalue weighted by molar-refractivity contribution is 0.0952. The summed E-state index contributed by atoms with van der Waals surface area (Å²) in [4.78, 5) is 3.15. The van der Waals surface area contributed by atoms with Gasteiger partial charge in [0.15, 0.2) is 0 Å². The smallest absolute Gasteiger partial charge is 0.206 e. The van der Waals surface area contributed by atoms with Gasteiger partial charge in [0.05, 0.1) is 22.4 Å². The maximum atomic E-state index is 12.9. The fourth-order valence-corrected chi connectivity index (χ4v) is 6.01. The minimum atomic E-state index is -3.53. The lowest BCUT2D eigenvalue weighted by atomic mass is 9.89. The summed E-state index contributed by atoms with van der Waals surface area (Å²) in [6.07, 6.45) is 2.17. The number of benzene rings is 2. The average molecular weight is 385 g/mol. The Hall–Kier alpha value is -1.89. The van der Waals surface area contributed by atoms with Crippen LogP contribution in [0.25, 0.3) is 0 Å². The van der Waals surface area contributed by atoms with Crippen molar-refractivity contribution < 1.29 is 17.9 Å². The molecule has 3 unspecified atom stereocenters. The summed E-state index contributed by atoms with van der Waals surface area (Å²) in [5, 5.41) is 0. The number of ether oxygens (including phenoxy) is 2. The lowest BCUT2D eigenvalue weighted by Crippen LogP contribution is -2.45. The molecular formula is C21H23NO4S. The van der Waals surface area contributed by atoms with Gasteiger partial charge in [-0.3, -0.25) is 4.90 Å². The Kier molecular flexibility index (Phi) is 4.22. The van der Waals surface area contributed by atoms with Crippen LogP contribution in [0.4, 0.5) is 0 Å². The highest BCUT2D eigenvalue weighted by Gasteiger charge is 2.43. The predicted octanol–water partition coefficient (Wildman–Crippen LogP) is 2.86. The topological polar surface area (TPSA) is 55.8 Å². The first-order valence-corrected chi connectivity index (χ1v) is 11.0. The summed E-state index contributed by atoms with van der Waals surface area (Å²) < 4.78 is 37.4. The second-order valence-electron chi connectivity index (χ2n) is 7.54. The minimum Gasteiger partial charge on any atom is -0.492 e. The summed E-state index contributed by atoms with van der Waals surface area (Å²) in [5.74, 6) is 1.13. The van der Waals surface area contributed by atoms with Gasteiger partial charge < -0.3 is 9.47 Å². The molecule has 2 saturated heterocycles. The average Bonchev–Trinajstić information content (AvgIpc) is 3.37. The van der Waals surface area contributed by atoms with Crippen molar-refractivity contribution in [2.45, 2.75) is 40.6 Å². The van der Waals surface area contributed by atoms with Crippen LogP contribution in [-0.2, 0) is 14.6 Å². The van der Waals surface area contributed by atoms with E-state index in [4.69, 9.17) is 9.47 Å². The summed E-state index contributed by atoms with van der Waals surface area (Å²) in [5.41, 5.74) is 1.14. The van der Waals surface area contributed by atoms with Crippen molar-refractivity contribution in [3.63, 3.8) is 0 Å². The van der Waals surface area contributed by atoms with Gasteiger partial charge in [-0.1, -0.05) is 24.3 Å². The second kappa shape index (κ2) is 6.62. The second-order valence-corrected chi connectivity index (χ2v) is 9.49. The molecule has 0 aliphatic carbocycles. The Balaban J connectivity index is 1.45. The molecule has 2 fully saturated rings. The van der Waals surface area contributed by atoms with E-state index in [1.807, 2.05) is 12.1 Å². The van der Waals surface area contributed by atoms with E-state index in [1.165, 1.54) is 0 Å². The van der Waals surface area contributed by atoms with Gasteiger partial charge in [0.1, 0.15) is 12.4 Å². The molecule has 0 bridgehead atoms. The summed E-state index contributed by atoms with van der Waals surface area (Å²) in [6.45, 7) is 3.32. The zero-order valence-corrected chi connectivity index (χ0v) is 15.9. The van der Waals surface area contributed by atoms with E-state index in [0.29, 0.717) is 34.4 Å². The van der Waals surface area contributed by atoms with Gasteiger partial charge in [-0.25, -0.2) is 8.42 Å². The molecule has 0 aromatic heterocycles. The van der Waals surface area contributed by atoms with E-state index in [-0.39, 0.29) is 0 Å². The van der Waals surface area contributed by atoms with Gasteiger partial charge in [-0.2, -0.15) is 0 Å². The first-order chi connectivity index (χ1) is 13.1. The van der Waals surface area contributed by atoms with Crippen LogP contribution in [0, 0.1) is 0 Å². The van der Waals surface area contributed by atoms with Crippen molar-refractivity contribution in [1.82, 2.24) is 4.90 Å². The summed E-state index contributed by atoms with van der Waals surface area (Å²) in [6, 6.07) is 14.8. The molecule has 0 spiro atoms. The molecule has 3 heterocycles. The SMILES string of the molecule is O=S(=O)(c1ccccc1)c1ccc2c(c1)OCC1C2CCN1C1CCOC1. The highest BCUT2D eigenvalue weighted by Crippen LogP contribution is 2.44. The third-order valence-electron chi connectivity index (χ3n) is 6.12. The van der Waals surface area contributed by atoms with Crippen molar-refractivity contribution >= 4 is 9.84 Å². The van der Waals surface area contributed by atoms with Crippen LogP contribution in [0.3, 0.4) is 0 Å². The maximum Gasteiger partial charge on any atom is 0.206 e. The van der Waals surface area contributed by atoms with Crippen LogP contribution in [0.15, 0.2) is 58.3 Å². The van der Waals surface area contributed by atoms with E-state index in [1.54, 1.807) is 36.4 Å². The standard InChI is InChI=1S/C21H23NO4S/c23-27(24,16-4-2-1-3-5-16)17-6-7-19-18-8-10-22(15-9-11-25-13-15)20(18)14-26-21(19)12-17/h1-7,12,15,18,20H,8-11,13-14H2. The molecule has 0 amide bonds. The third-order valence-corrected chi connectivity index (χ3v) is 7.89. The van der Waals surface area contributed by atoms with E-state index < -0.39 is 9.84 Å². The van der Waals surface area contributed by atoms with Crippen LogP contribution < -0.4 is 4.74 Å². The van der Waals surface area contributed by atoms with E-state index in [2.05, 4.69) is 4.90 Å². The van der Waals surface area contributed by atoms with Gasteiger partial charge in [0, 0.05) is 18.6 Å². The Morgan fingerprint density at radius 2 is 1.81 bits per heavy atom. The first-order valence-electron chi connectivity index (χ1n) is 9.55. The van der Waals surface area contributed by atoms with Crippen molar-refractivity contribution in [3.8, 4) is 5.75 Å². The molecule has 142 valence electrons. The summed E-state index contributed by atoms with van der Waals surface area (Å²) >= 11 is 0. The third kappa shape index (κ3) is 2.87. The highest BCUT2D eigenvalue weighted by molar-refractivity contribution is 7.91. The number of nitrogens with zero attached hydrogens (tertiary/aromatic N) is 1. The molecule has 6 heteroatoms. The van der Waals surface area contributed by atoms with E-state index in [9.17, 15) is 8.42 Å². The molecule has 5 rings (SSSR count). The first kappa shape index (κ1) is 17.2. The zero-order chi connectivity index (χ0) is 18.4. The number of sulfone groups is 1. The molecule has 27 heavy (non-hydrogen) atoms. The fraction of sp³-hybridized carbons (Fsp3) is 0.429. The molecule has 2 aromatic rings. The van der Waals surface area contributed by atoms with Crippen molar-refractivity contribution in [2.75, 3.05) is 26.4 Å². The Morgan fingerprint density at radius 1 is 0.963 bits per heavy atom. The van der Waals surface area contributed by atoms with Gasteiger partial charge in [-0.15, -0.1) is 0 Å². The number of hydrogen-bond donors (Lipinski definition) is 0.